The van der Waals surface area contributed by atoms with Gasteiger partial charge in [0.05, 0.1) is 12.0 Å². The van der Waals surface area contributed by atoms with Crippen molar-refractivity contribution in [3.63, 3.8) is 0 Å². The number of nitrogens with two attached hydrogens (primary N) is 1. The zero-order valence-corrected chi connectivity index (χ0v) is 11.7. The summed E-state index contributed by atoms with van der Waals surface area (Å²) < 4.78 is 0. The first-order chi connectivity index (χ1) is 8.74. The Labute approximate surface area is 112 Å². The molecule has 2 rings (SSSR count). The van der Waals surface area contributed by atoms with Gasteiger partial charge >= 0.3 is 0 Å². The van der Waals surface area contributed by atoms with Crippen molar-refractivity contribution in [3.8, 4) is 0 Å². The molecule has 0 aromatic heterocycles. The Morgan fingerprint density at radius 1 is 1.47 bits per heavy atom. The zero-order valence-electron chi connectivity index (χ0n) is 11.7. The van der Waals surface area contributed by atoms with Gasteiger partial charge in [-0.1, -0.05) is 13.8 Å². The number of rotatable bonds is 5. The van der Waals surface area contributed by atoms with Crippen LogP contribution in [0.25, 0.3) is 0 Å². The Morgan fingerprint density at radius 2 is 2.05 bits per heavy atom. The maximum Gasteiger partial charge on any atom is 0.239 e. The smallest absolute Gasteiger partial charge is 0.239 e. The van der Waals surface area contributed by atoms with Gasteiger partial charge in [0.2, 0.25) is 17.7 Å². The van der Waals surface area contributed by atoms with E-state index in [-0.39, 0.29) is 30.7 Å². The van der Waals surface area contributed by atoms with Crippen LogP contribution in [-0.2, 0) is 14.4 Å². The van der Waals surface area contributed by atoms with Gasteiger partial charge in [0.25, 0.3) is 0 Å². The highest BCUT2D eigenvalue weighted by Crippen LogP contribution is 2.41. The van der Waals surface area contributed by atoms with E-state index in [1.165, 1.54) is 4.90 Å². The van der Waals surface area contributed by atoms with Crippen molar-refractivity contribution >= 4 is 17.7 Å². The summed E-state index contributed by atoms with van der Waals surface area (Å²) >= 11 is 0. The van der Waals surface area contributed by atoms with Crippen molar-refractivity contribution in [3.05, 3.63) is 0 Å². The number of likely N-dealkylation sites (tertiary alicyclic amines) is 1. The van der Waals surface area contributed by atoms with Crippen molar-refractivity contribution < 1.29 is 14.4 Å². The maximum absolute atomic E-state index is 12.2. The third-order valence-electron chi connectivity index (χ3n) is 4.29. The van der Waals surface area contributed by atoms with Gasteiger partial charge in [0.15, 0.2) is 0 Å². The normalized spacial score (nSPS) is 25.5. The summed E-state index contributed by atoms with van der Waals surface area (Å²) in [4.78, 5) is 37.2. The molecule has 2 fully saturated rings. The van der Waals surface area contributed by atoms with Crippen LogP contribution in [0.4, 0.5) is 0 Å². The number of carbonyl (C=O) groups is 3. The molecule has 6 heteroatoms. The molecule has 1 unspecified atom stereocenters. The molecule has 1 aliphatic carbocycles. The van der Waals surface area contributed by atoms with Gasteiger partial charge in [-0.2, -0.15) is 0 Å². The van der Waals surface area contributed by atoms with E-state index in [9.17, 15) is 14.4 Å². The third-order valence-corrected chi connectivity index (χ3v) is 4.29. The van der Waals surface area contributed by atoms with Crippen LogP contribution < -0.4 is 11.1 Å². The molecule has 1 heterocycles. The summed E-state index contributed by atoms with van der Waals surface area (Å²) in [5.41, 5.74) is 3.85. The molecule has 1 saturated carbocycles. The topological polar surface area (TPSA) is 92.5 Å². The Morgan fingerprint density at radius 3 is 2.37 bits per heavy atom. The number of hydrogen-bond acceptors (Lipinski definition) is 4. The summed E-state index contributed by atoms with van der Waals surface area (Å²) in [5, 5.41) is 2.95. The predicted octanol–water partition coefficient (Wildman–Crippen LogP) is -0.375. The Kier molecular flexibility index (Phi) is 3.16. The van der Waals surface area contributed by atoms with Crippen molar-refractivity contribution in [2.75, 3.05) is 13.6 Å². The second-order valence-corrected chi connectivity index (χ2v) is 6.21. The summed E-state index contributed by atoms with van der Waals surface area (Å²) in [6, 6.07) is 0. The molecule has 19 heavy (non-hydrogen) atoms. The number of nitrogens with one attached hydrogen (secondary N) is 1. The first kappa shape index (κ1) is 14.0. The molecule has 1 saturated heterocycles. The van der Waals surface area contributed by atoms with Gasteiger partial charge in [-0.15, -0.1) is 0 Å². The van der Waals surface area contributed by atoms with Crippen LogP contribution in [0, 0.1) is 11.3 Å². The second kappa shape index (κ2) is 4.30. The van der Waals surface area contributed by atoms with Crippen LogP contribution in [0.3, 0.4) is 0 Å². The standard InChI is InChI=1S/C13H21N3O3/c1-12(2)6-9(17)16(11(12)19)7-13(15-3,10(14)18)8-4-5-8/h8,15H,4-7H2,1-3H3,(H2,14,18). The van der Waals surface area contributed by atoms with Gasteiger partial charge in [0.1, 0.15) is 5.54 Å². The van der Waals surface area contributed by atoms with Crippen LogP contribution in [0.15, 0.2) is 0 Å². The van der Waals surface area contributed by atoms with E-state index in [0.29, 0.717) is 0 Å². The molecule has 3 amide bonds. The van der Waals surface area contributed by atoms with E-state index >= 15 is 0 Å². The molecule has 2 aliphatic rings. The van der Waals surface area contributed by atoms with Gasteiger partial charge in [-0.05, 0) is 25.8 Å². The lowest BCUT2D eigenvalue weighted by atomic mass is 9.90. The lowest BCUT2D eigenvalue weighted by Gasteiger charge is -2.34. The third kappa shape index (κ3) is 2.14. The van der Waals surface area contributed by atoms with Crippen molar-refractivity contribution in [2.45, 2.75) is 38.6 Å². The lowest BCUT2D eigenvalue weighted by molar-refractivity contribution is -0.143. The maximum atomic E-state index is 12.2. The van der Waals surface area contributed by atoms with Crippen molar-refractivity contribution in [2.24, 2.45) is 17.1 Å². The number of amides is 3. The largest absolute Gasteiger partial charge is 0.368 e. The van der Waals surface area contributed by atoms with Gasteiger partial charge in [0, 0.05) is 6.42 Å². The number of nitrogens with zero attached hydrogens (tertiary/aromatic N) is 1. The fourth-order valence-corrected chi connectivity index (χ4v) is 2.83. The second-order valence-electron chi connectivity index (χ2n) is 6.21. The van der Waals surface area contributed by atoms with Crippen LogP contribution >= 0.6 is 0 Å². The molecule has 0 aromatic carbocycles. The number of hydrogen-bond donors (Lipinski definition) is 2. The van der Waals surface area contributed by atoms with Crippen LogP contribution in [0.2, 0.25) is 0 Å². The molecular weight excluding hydrogens is 246 g/mol. The highest BCUT2D eigenvalue weighted by Gasteiger charge is 2.54. The van der Waals surface area contributed by atoms with Gasteiger partial charge in [-0.25, -0.2) is 0 Å². The van der Waals surface area contributed by atoms with E-state index in [4.69, 9.17) is 5.73 Å². The average Bonchev–Trinajstić information content (AvgIpc) is 3.10. The molecule has 0 aromatic rings. The molecule has 6 nitrogen and oxygen atoms in total. The van der Waals surface area contributed by atoms with Crippen molar-refractivity contribution in [1.29, 1.82) is 0 Å². The van der Waals surface area contributed by atoms with E-state index in [2.05, 4.69) is 5.32 Å². The molecule has 106 valence electrons. The van der Waals surface area contributed by atoms with E-state index in [1.807, 2.05) is 0 Å². The van der Waals surface area contributed by atoms with E-state index in [0.717, 1.165) is 12.8 Å². The molecule has 0 radical (unpaired) electrons. The van der Waals surface area contributed by atoms with E-state index < -0.39 is 16.9 Å². The molecule has 1 atom stereocenters. The Bertz CT molecular complexity index is 442. The first-order valence-corrected chi connectivity index (χ1v) is 6.58. The predicted molar refractivity (Wildman–Crippen MR) is 68.8 cm³/mol. The molecule has 1 aliphatic heterocycles. The Hall–Kier alpha value is -1.43. The number of primary amides is 1. The fourth-order valence-electron chi connectivity index (χ4n) is 2.83. The lowest BCUT2D eigenvalue weighted by Crippen LogP contribution is -2.63. The van der Waals surface area contributed by atoms with Crippen LogP contribution in [-0.4, -0.2) is 41.8 Å². The fraction of sp³-hybridized carbons (Fsp3) is 0.769. The number of likely N-dealkylation sites (N-methyl/N-ethyl adjacent to an activating group) is 1. The SMILES string of the molecule is CNC(CN1C(=O)CC(C)(C)C1=O)(C(N)=O)C1CC1. The van der Waals surface area contributed by atoms with Crippen molar-refractivity contribution in [1.82, 2.24) is 10.2 Å². The number of imide groups is 1. The van der Waals surface area contributed by atoms with Crippen LogP contribution in [0.1, 0.15) is 33.1 Å². The molecule has 0 spiro atoms. The Balaban J connectivity index is 2.25. The minimum Gasteiger partial charge on any atom is -0.368 e. The number of carbonyl (C=O) groups excluding carboxylic acids is 3. The summed E-state index contributed by atoms with van der Waals surface area (Å²) in [5.74, 6) is -0.835. The highest BCUT2D eigenvalue weighted by atomic mass is 16.2. The molecule has 0 bridgehead atoms. The summed E-state index contributed by atoms with van der Waals surface area (Å²) in [6.07, 6.45) is 1.97. The van der Waals surface area contributed by atoms with Gasteiger partial charge in [-0.3, -0.25) is 19.3 Å². The monoisotopic (exact) mass is 267 g/mol. The van der Waals surface area contributed by atoms with Crippen LogP contribution in [0.5, 0.6) is 0 Å². The minimum absolute atomic E-state index is 0.0462. The molecule has 3 N–H and O–H groups in total. The summed E-state index contributed by atoms with van der Waals surface area (Å²) in [7, 11) is 1.65. The minimum atomic E-state index is -0.980. The summed E-state index contributed by atoms with van der Waals surface area (Å²) in [6.45, 7) is 3.54. The molecular formula is C13H21N3O3. The quantitative estimate of drug-likeness (QED) is 0.664. The highest BCUT2D eigenvalue weighted by molar-refractivity contribution is 6.06. The average molecular weight is 267 g/mol. The zero-order chi connectivity index (χ0) is 14.4. The first-order valence-electron chi connectivity index (χ1n) is 6.58. The van der Waals surface area contributed by atoms with E-state index in [1.54, 1.807) is 20.9 Å². The van der Waals surface area contributed by atoms with Gasteiger partial charge < -0.3 is 11.1 Å².